The highest BCUT2D eigenvalue weighted by molar-refractivity contribution is 6.32. The van der Waals surface area contributed by atoms with Crippen molar-refractivity contribution in [2.24, 2.45) is 0 Å². The Morgan fingerprint density at radius 2 is 1.96 bits per heavy atom. The fourth-order valence-electron chi connectivity index (χ4n) is 2.06. The molecule has 6 heteroatoms. The lowest BCUT2D eigenvalue weighted by molar-refractivity contribution is -0.142. The second kappa shape index (κ2) is 8.89. The summed E-state index contributed by atoms with van der Waals surface area (Å²) in [7, 11) is 1.51. The number of methoxy groups -OCH3 is 1. The van der Waals surface area contributed by atoms with Crippen LogP contribution in [0.15, 0.2) is 48.5 Å². The van der Waals surface area contributed by atoms with Gasteiger partial charge in [-0.25, -0.2) is 4.79 Å². The Hall–Kier alpha value is -2.79. The van der Waals surface area contributed by atoms with Gasteiger partial charge in [-0.3, -0.25) is 4.79 Å². The number of aryl methyl sites for hydroxylation is 1. The van der Waals surface area contributed by atoms with E-state index in [2.05, 4.69) is 5.32 Å². The molecule has 0 saturated heterocycles. The van der Waals surface area contributed by atoms with Gasteiger partial charge in [-0.15, -0.1) is 0 Å². The van der Waals surface area contributed by atoms with Gasteiger partial charge in [-0.2, -0.15) is 0 Å². The Labute approximate surface area is 151 Å². The molecule has 1 amide bonds. The second-order valence-electron chi connectivity index (χ2n) is 5.21. The minimum Gasteiger partial charge on any atom is -0.495 e. The highest BCUT2D eigenvalue weighted by Crippen LogP contribution is 2.25. The molecule has 130 valence electrons. The van der Waals surface area contributed by atoms with Crippen molar-refractivity contribution in [2.45, 2.75) is 6.92 Å². The number of anilines is 1. The molecule has 0 bridgehead atoms. The fraction of sp³-hybridized carbons (Fsp3) is 0.158. The summed E-state index contributed by atoms with van der Waals surface area (Å²) in [5, 5.41) is 3.18. The third-order valence-electron chi connectivity index (χ3n) is 3.28. The lowest BCUT2D eigenvalue weighted by atomic mass is 10.2. The van der Waals surface area contributed by atoms with Crippen LogP contribution in [0, 0.1) is 6.92 Å². The smallest absolute Gasteiger partial charge is 0.331 e. The predicted molar refractivity (Wildman–Crippen MR) is 97.8 cm³/mol. The van der Waals surface area contributed by atoms with Crippen molar-refractivity contribution >= 4 is 35.2 Å². The van der Waals surface area contributed by atoms with Gasteiger partial charge in [0.2, 0.25) is 0 Å². The lowest BCUT2D eigenvalue weighted by Crippen LogP contribution is -2.20. The molecule has 0 aromatic heterocycles. The van der Waals surface area contributed by atoms with Crippen molar-refractivity contribution in [3.8, 4) is 5.75 Å². The van der Waals surface area contributed by atoms with Gasteiger partial charge in [-0.05, 0) is 42.3 Å². The predicted octanol–water partition coefficient (Wildman–Crippen LogP) is 3.85. The summed E-state index contributed by atoms with van der Waals surface area (Å²) in [6.45, 7) is 1.50. The van der Waals surface area contributed by atoms with Crippen molar-refractivity contribution in [1.82, 2.24) is 0 Å². The van der Waals surface area contributed by atoms with Crippen LogP contribution >= 0.6 is 11.6 Å². The fourth-order valence-corrected chi connectivity index (χ4v) is 2.26. The normalized spacial score (nSPS) is 10.5. The molecule has 0 unspecified atom stereocenters. The summed E-state index contributed by atoms with van der Waals surface area (Å²) in [6.07, 6.45) is 2.76. The Balaban J connectivity index is 1.89. The van der Waals surface area contributed by atoms with Crippen molar-refractivity contribution in [2.75, 3.05) is 19.0 Å². The topological polar surface area (TPSA) is 64.6 Å². The molecule has 0 aliphatic heterocycles. The average Bonchev–Trinajstić information content (AvgIpc) is 2.59. The number of carbonyl (C=O) groups is 2. The monoisotopic (exact) mass is 359 g/mol. The van der Waals surface area contributed by atoms with Crippen LogP contribution in [0.5, 0.6) is 5.75 Å². The number of benzene rings is 2. The highest BCUT2D eigenvalue weighted by Gasteiger charge is 2.09. The molecule has 0 spiro atoms. The standard InChI is InChI=1S/C19H18ClNO4/c1-13-7-9-17(24-2)16(11-13)21-18(22)12-25-19(23)10-8-14-5-3-4-6-15(14)20/h3-11H,12H2,1-2H3,(H,21,22)/b10-8+. The molecule has 5 nitrogen and oxygen atoms in total. The number of halogens is 1. The number of amides is 1. The molecule has 0 heterocycles. The number of rotatable bonds is 6. The first-order valence-corrected chi connectivity index (χ1v) is 7.91. The van der Waals surface area contributed by atoms with Gasteiger partial charge < -0.3 is 14.8 Å². The van der Waals surface area contributed by atoms with Crippen LogP contribution in [-0.4, -0.2) is 25.6 Å². The highest BCUT2D eigenvalue weighted by atomic mass is 35.5. The van der Waals surface area contributed by atoms with E-state index >= 15 is 0 Å². The minimum absolute atomic E-state index is 0.400. The minimum atomic E-state index is -0.633. The van der Waals surface area contributed by atoms with Crippen molar-refractivity contribution in [1.29, 1.82) is 0 Å². The molecule has 2 aromatic carbocycles. The Morgan fingerprint density at radius 1 is 1.20 bits per heavy atom. The summed E-state index contributed by atoms with van der Waals surface area (Å²) < 4.78 is 10.1. The second-order valence-corrected chi connectivity index (χ2v) is 5.62. The number of hydrogen-bond acceptors (Lipinski definition) is 4. The van der Waals surface area contributed by atoms with Crippen LogP contribution in [-0.2, 0) is 14.3 Å². The largest absolute Gasteiger partial charge is 0.495 e. The molecule has 2 rings (SSSR count). The zero-order valence-electron chi connectivity index (χ0n) is 13.9. The van der Waals surface area contributed by atoms with E-state index in [0.29, 0.717) is 22.0 Å². The van der Waals surface area contributed by atoms with E-state index in [-0.39, 0.29) is 0 Å². The number of hydrogen-bond donors (Lipinski definition) is 1. The average molecular weight is 360 g/mol. The molecule has 2 aromatic rings. The molecule has 0 atom stereocenters. The zero-order valence-corrected chi connectivity index (χ0v) is 14.7. The van der Waals surface area contributed by atoms with Gasteiger partial charge in [0, 0.05) is 11.1 Å². The van der Waals surface area contributed by atoms with Crippen LogP contribution in [0.3, 0.4) is 0 Å². The molecule has 0 radical (unpaired) electrons. The molecule has 0 aliphatic rings. The first kappa shape index (κ1) is 18.5. The van der Waals surface area contributed by atoms with Gasteiger partial charge in [0.15, 0.2) is 6.61 Å². The molecule has 0 fully saturated rings. The van der Waals surface area contributed by atoms with Crippen LogP contribution in [0.1, 0.15) is 11.1 Å². The van der Waals surface area contributed by atoms with Crippen LogP contribution in [0.2, 0.25) is 5.02 Å². The number of ether oxygens (including phenoxy) is 2. The van der Waals surface area contributed by atoms with E-state index in [1.807, 2.05) is 13.0 Å². The lowest BCUT2D eigenvalue weighted by Gasteiger charge is -2.10. The summed E-state index contributed by atoms with van der Waals surface area (Å²) in [5.74, 6) is -0.557. The van der Waals surface area contributed by atoms with E-state index in [0.717, 1.165) is 5.56 Å². The third-order valence-corrected chi connectivity index (χ3v) is 3.62. The first-order chi connectivity index (χ1) is 12.0. The van der Waals surface area contributed by atoms with E-state index in [1.54, 1.807) is 36.4 Å². The quantitative estimate of drug-likeness (QED) is 0.628. The van der Waals surface area contributed by atoms with Gasteiger partial charge in [-0.1, -0.05) is 35.9 Å². The SMILES string of the molecule is COc1ccc(C)cc1NC(=O)COC(=O)/C=C/c1ccccc1Cl. The Kier molecular flexibility index (Phi) is 6.60. The van der Waals surface area contributed by atoms with E-state index in [9.17, 15) is 9.59 Å². The molecule has 0 saturated carbocycles. The van der Waals surface area contributed by atoms with Gasteiger partial charge in [0.1, 0.15) is 5.75 Å². The molecular weight excluding hydrogens is 342 g/mol. The molecule has 25 heavy (non-hydrogen) atoms. The summed E-state index contributed by atoms with van der Waals surface area (Å²) in [5.41, 5.74) is 2.18. The van der Waals surface area contributed by atoms with Gasteiger partial charge >= 0.3 is 5.97 Å². The van der Waals surface area contributed by atoms with Gasteiger partial charge in [0.05, 0.1) is 12.8 Å². The van der Waals surface area contributed by atoms with Crippen molar-refractivity contribution < 1.29 is 19.1 Å². The number of nitrogens with one attached hydrogen (secondary N) is 1. The molecule has 0 aliphatic carbocycles. The van der Waals surface area contributed by atoms with E-state index in [1.165, 1.54) is 19.3 Å². The maximum atomic E-state index is 11.9. The molecular formula is C19H18ClNO4. The zero-order chi connectivity index (χ0) is 18.2. The van der Waals surface area contributed by atoms with E-state index < -0.39 is 18.5 Å². The van der Waals surface area contributed by atoms with Crippen molar-refractivity contribution in [3.05, 3.63) is 64.7 Å². The summed E-state index contributed by atoms with van der Waals surface area (Å²) >= 11 is 5.99. The maximum absolute atomic E-state index is 11.9. The number of esters is 1. The summed E-state index contributed by atoms with van der Waals surface area (Å²) in [4.78, 5) is 23.6. The molecule has 1 N–H and O–H groups in total. The maximum Gasteiger partial charge on any atom is 0.331 e. The number of carbonyl (C=O) groups excluding carboxylic acids is 2. The Morgan fingerprint density at radius 3 is 2.68 bits per heavy atom. The Bertz CT molecular complexity index is 802. The van der Waals surface area contributed by atoms with Crippen LogP contribution in [0.25, 0.3) is 6.08 Å². The third kappa shape index (κ3) is 5.65. The van der Waals surface area contributed by atoms with Crippen LogP contribution in [0.4, 0.5) is 5.69 Å². The van der Waals surface area contributed by atoms with Crippen LogP contribution < -0.4 is 10.1 Å². The first-order valence-electron chi connectivity index (χ1n) is 7.53. The van der Waals surface area contributed by atoms with Gasteiger partial charge in [0.25, 0.3) is 5.91 Å². The summed E-state index contributed by atoms with van der Waals surface area (Å²) in [6, 6.07) is 12.5. The van der Waals surface area contributed by atoms with Crippen molar-refractivity contribution in [3.63, 3.8) is 0 Å². The van der Waals surface area contributed by atoms with E-state index in [4.69, 9.17) is 21.1 Å².